The second-order valence-electron chi connectivity index (χ2n) is 4.67. The van der Waals surface area contributed by atoms with Crippen molar-refractivity contribution >= 4 is 6.03 Å². The molecular formula is C15H19N3O2. The molecule has 1 aliphatic heterocycles. The summed E-state index contributed by atoms with van der Waals surface area (Å²) in [5, 5.41) is 0. The van der Waals surface area contributed by atoms with E-state index in [0.29, 0.717) is 13.1 Å². The van der Waals surface area contributed by atoms with E-state index in [-0.39, 0.29) is 6.03 Å². The molecule has 0 radical (unpaired) electrons. The van der Waals surface area contributed by atoms with E-state index in [1.54, 1.807) is 12.0 Å². The summed E-state index contributed by atoms with van der Waals surface area (Å²) in [7, 11) is 3.43. The molecule has 0 unspecified atom stereocenters. The molecule has 0 saturated carbocycles. The minimum Gasteiger partial charge on any atom is -0.495 e. The molecule has 0 aliphatic carbocycles. The number of hydrogen-bond donors (Lipinski definition) is 1. The lowest BCUT2D eigenvalue weighted by atomic mass is 10.1. The SMILES string of the molecule is COc1ccc(CN2CCN(C)C2=O)cc1C#CCN. The van der Waals surface area contributed by atoms with E-state index >= 15 is 0 Å². The molecule has 2 rings (SSSR count). The molecule has 0 atom stereocenters. The van der Waals surface area contributed by atoms with E-state index in [1.165, 1.54) is 0 Å². The fourth-order valence-corrected chi connectivity index (χ4v) is 2.17. The molecule has 1 saturated heterocycles. The lowest BCUT2D eigenvalue weighted by molar-refractivity contribution is 0.197. The number of hydrogen-bond acceptors (Lipinski definition) is 3. The van der Waals surface area contributed by atoms with Crippen LogP contribution in [-0.4, -0.2) is 49.6 Å². The molecule has 1 aromatic rings. The summed E-state index contributed by atoms with van der Waals surface area (Å²) in [6.07, 6.45) is 0. The Kier molecular flexibility index (Phi) is 4.49. The van der Waals surface area contributed by atoms with Crippen molar-refractivity contribution < 1.29 is 9.53 Å². The summed E-state index contributed by atoms with van der Waals surface area (Å²) in [6, 6.07) is 5.85. The molecule has 1 aromatic carbocycles. The number of carbonyl (C=O) groups excluding carboxylic acids is 1. The van der Waals surface area contributed by atoms with Gasteiger partial charge < -0.3 is 20.3 Å². The maximum absolute atomic E-state index is 11.9. The predicted octanol–water partition coefficient (Wildman–Crippen LogP) is 0.873. The molecule has 1 fully saturated rings. The lowest BCUT2D eigenvalue weighted by Crippen LogP contribution is -2.28. The smallest absolute Gasteiger partial charge is 0.320 e. The van der Waals surface area contributed by atoms with Gasteiger partial charge in [0.25, 0.3) is 0 Å². The fraction of sp³-hybridized carbons (Fsp3) is 0.400. The molecule has 0 bridgehead atoms. The highest BCUT2D eigenvalue weighted by atomic mass is 16.5. The topological polar surface area (TPSA) is 58.8 Å². The van der Waals surface area contributed by atoms with Crippen LogP contribution in [0.5, 0.6) is 5.75 Å². The number of methoxy groups -OCH3 is 1. The molecule has 5 nitrogen and oxygen atoms in total. The van der Waals surface area contributed by atoms with Gasteiger partial charge in [-0.2, -0.15) is 0 Å². The third-order valence-electron chi connectivity index (χ3n) is 3.26. The predicted molar refractivity (Wildman–Crippen MR) is 77.4 cm³/mol. The summed E-state index contributed by atoms with van der Waals surface area (Å²) in [5.41, 5.74) is 7.24. The lowest BCUT2D eigenvalue weighted by Gasteiger charge is -2.16. The molecule has 106 valence electrons. The van der Waals surface area contributed by atoms with Gasteiger partial charge in [-0.1, -0.05) is 17.9 Å². The number of nitrogens with zero attached hydrogens (tertiary/aromatic N) is 2. The summed E-state index contributed by atoms with van der Waals surface area (Å²) in [4.78, 5) is 15.4. The summed E-state index contributed by atoms with van der Waals surface area (Å²) in [6.45, 7) is 2.42. The van der Waals surface area contributed by atoms with E-state index in [1.807, 2.05) is 30.1 Å². The number of amides is 2. The Hall–Kier alpha value is -2.19. The second kappa shape index (κ2) is 6.31. The van der Waals surface area contributed by atoms with Gasteiger partial charge in [0.15, 0.2) is 0 Å². The van der Waals surface area contributed by atoms with Crippen LogP contribution in [0, 0.1) is 11.8 Å². The first-order chi connectivity index (χ1) is 9.65. The van der Waals surface area contributed by atoms with Gasteiger partial charge in [0.05, 0.1) is 19.2 Å². The van der Waals surface area contributed by atoms with Gasteiger partial charge in [0.1, 0.15) is 5.75 Å². The number of rotatable bonds is 3. The third-order valence-corrected chi connectivity index (χ3v) is 3.26. The first-order valence-electron chi connectivity index (χ1n) is 6.51. The number of carbonyl (C=O) groups is 1. The number of urea groups is 1. The third kappa shape index (κ3) is 3.03. The van der Waals surface area contributed by atoms with Gasteiger partial charge in [-0.05, 0) is 17.7 Å². The molecule has 20 heavy (non-hydrogen) atoms. The van der Waals surface area contributed by atoms with Gasteiger partial charge in [-0.3, -0.25) is 0 Å². The quantitative estimate of drug-likeness (QED) is 0.831. The second-order valence-corrected chi connectivity index (χ2v) is 4.67. The van der Waals surface area contributed by atoms with Crippen molar-refractivity contribution in [3.05, 3.63) is 29.3 Å². The highest BCUT2D eigenvalue weighted by molar-refractivity contribution is 5.76. The van der Waals surface area contributed by atoms with Gasteiger partial charge >= 0.3 is 6.03 Å². The van der Waals surface area contributed by atoms with E-state index in [0.717, 1.165) is 30.0 Å². The molecule has 2 amide bonds. The van der Waals surface area contributed by atoms with Crippen LogP contribution in [0.2, 0.25) is 0 Å². The summed E-state index contributed by atoms with van der Waals surface area (Å²) >= 11 is 0. The fourth-order valence-electron chi connectivity index (χ4n) is 2.17. The van der Waals surface area contributed by atoms with Crippen LogP contribution in [-0.2, 0) is 6.54 Å². The van der Waals surface area contributed by atoms with Crippen LogP contribution in [0.4, 0.5) is 4.79 Å². The molecule has 1 aliphatic rings. The highest BCUT2D eigenvalue weighted by Gasteiger charge is 2.25. The Morgan fingerprint density at radius 1 is 1.40 bits per heavy atom. The first kappa shape index (κ1) is 14.2. The van der Waals surface area contributed by atoms with E-state index in [2.05, 4.69) is 11.8 Å². The molecule has 0 aromatic heterocycles. The van der Waals surface area contributed by atoms with Crippen LogP contribution in [0.1, 0.15) is 11.1 Å². The average molecular weight is 273 g/mol. The van der Waals surface area contributed by atoms with E-state index < -0.39 is 0 Å². The Morgan fingerprint density at radius 3 is 2.80 bits per heavy atom. The standard InChI is InChI=1S/C15H19N3O2/c1-17-8-9-18(15(17)19)11-12-5-6-14(20-2)13(10-12)4-3-7-16/h5-6,10H,7-9,11,16H2,1-2H3. The maximum atomic E-state index is 11.9. The maximum Gasteiger partial charge on any atom is 0.320 e. The van der Waals surface area contributed by atoms with Crippen LogP contribution in [0.15, 0.2) is 18.2 Å². The number of ether oxygens (including phenoxy) is 1. The molecule has 5 heteroatoms. The molecular weight excluding hydrogens is 254 g/mol. The minimum atomic E-state index is 0.0652. The average Bonchev–Trinajstić information content (AvgIpc) is 2.77. The normalized spacial score (nSPS) is 14.2. The first-order valence-corrected chi connectivity index (χ1v) is 6.51. The molecule has 0 spiro atoms. The van der Waals surface area contributed by atoms with Gasteiger partial charge in [-0.25, -0.2) is 4.79 Å². The Labute approximate surface area is 119 Å². The van der Waals surface area contributed by atoms with Crippen LogP contribution >= 0.6 is 0 Å². The van der Waals surface area contributed by atoms with Gasteiger partial charge in [-0.15, -0.1) is 0 Å². The van der Waals surface area contributed by atoms with Crippen molar-refractivity contribution in [1.82, 2.24) is 9.80 Å². The number of nitrogens with two attached hydrogens (primary N) is 1. The Morgan fingerprint density at radius 2 is 2.20 bits per heavy atom. The monoisotopic (exact) mass is 273 g/mol. The minimum absolute atomic E-state index is 0.0652. The zero-order valence-corrected chi connectivity index (χ0v) is 11.8. The van der Waals surface area contributed by atoms with Crippen molar-refractivity contribution in [3.8, 4) is 17.6 Å². The number of benzene rings is 1. The molecule has 2 N–H and O–H groups in total. The zero-order chi connectivity index (χ0) is 14.5. The van der Waals surface area contributed by atoms with Gasteiger partial charge in [0.2, 0.25) is 0 Å². The van der Waals surface area contributed by atoms with Crippen molar-refractivity contribution in [3.63, 3.8) is 0 Å². The van der Waals surface area contributed by atoms with Crippen LogP contribution in [0.25, 0.3) is 0 Å². The highest BCUT2D eigenvalue weighted by Crippen LogP contribution is 2.21. The summed E-state index contributed by atoms with van der Waals surface area (Å²) < 4.78 is 5.27. The van der Waals surface area contributed by atoms with Crippen molar-refractivity contribution in [2.24, 2.45) is 5.73 Å². The van der Waals surface area contributed by atoms with Crippen LogP contribution < -0.4 is 10.5 Å². The Balaban J connectivity index is 2.18. The molecule has 1 heterocycles. The zero-order valence-electron chi connectivity index (χ0n) is 11.8. The Bertz CT molecular complexity index is 560. The van der Waals surface area contributed by atoms with Gasteiger partial charge in [0, 0.05) is 26.7 Å². The summed E-state index contributed by atoms with van der Waals surface area (Å²) in [5.74, 6) is 6.54. The van der Waals surface area contributed by atoms with Crippen molar-refractivity contribution in [2.45, 2.75) is 6.54 Å². The van der Waals surface area contributed by atoms with Crippen molar-refractivity contribution in [1.29, 1.82) is 0 Å². The van der Waals surface area contributed by atoms with E-state index in [9.17, 15) is 4.79 Å². The van der Waals surface area contributed by atoms with Crippen molar-refractivity contribution in [2.75, 3.05) is 33.8 Å². The largest absolute Gasteiger partial charge is 0.495 e. The van der Waals surface area contributed by atoms with E-state index in [4.69, 9.17) is 10.5 Å². The van der Waals surface area contributed by atoms with Crippen LogP contribution in [0.3, 0.4) is 0 Å². The number of likely N-dealkylation sites (N-methyl/N-ethyl adjacent to an activating group) is 1.